The van der Waals surface area contributed by atoms with E-state index in [1.807, 2.05) is 29.5 Å². The van der Waals surface area contributed by atoms with Crippen LogP contribution < -0.4 is 9.80 Å². The fourth-order valence-corrected chi connectivity index (χ4v) is 5.21. The smallest absolute Gasteiger partial charge is 0.303 e. The van der Waals surface area contributed by atoms with Crippen molar-refractivity contribution < 1.29 is 14.5 Å². The van der Waals surface area contributed by atoms with Crippen molar-refractivity contribution in [3.63, 3.8) is 0 Å². The number of Topliss-reactive ketones (excluding diaryl/α,β-unsaturated/α-hetero) is 1. The quantitative estimate of drug-likeness (QED) is 0.867. The van der Waals surface area contributed by atoms with Gasteiger partial charge in [-0.3, -0.25) is 14.5 Å². The molecule has 122 valence electrons. The van der Waals surface area contributed by atoms with E-state index in [0.29, 0.717) is 18.3 Å². The van der Waals surface area contributed by atoms with E-state index in [1.165, 1.54) is 28.2 Å². The van der Waals surface area contributed by atoms with Crippen molar-refractivity contribution in [1.82, 2.24) is 0 Å². The van der Waals surface area contributed by atoms with Gasteiger partial charge >= 0.3 is 5.91 Å². The molecular formula is C19H19N2O2S+. The summed E-state index contributed by atoms with van der Waals surface area (Å²) in [5, 5.41) is 2.20. The van der Waals surface area contributed by atoms with Crippen LogP contribution in [0.3, 0.4) is 0 Å². The number of amides is 1. The molecule has 0 radical (unpaired) electrons. The molecule has 2 aliphatic heterocycles. The molecule has 0 saturated heterocycles. The van der Waals surface area contributed by atoms with Gasteiger partial charge in [-0.1, -0.05) is 12.1 Å². The zero-order valence-electron chi connectivity index (χ0n) is 13.3. The van der Waals surface area contributed by atoms with Crippen LogP contribution in [0.1, 0.15) is 39.7 Å². The van der Waals surface area contributed by atoms with Crippen molar-refractivity contribution in [3.05, 3.63) is 51.7 Å². The van der Waals surface area contributed by atoms with E-state index in [4.69, 9.17) is 0 Å². The standard InChI is InChI=1S/C19H18N2O2S/c22-18-13-3-1-2-4-15(13)21(19(18)23)11-20-9-7-16-14(8-10-24-16)17(20)12-5-6-12/h1-4,8,10,12,17H,5-7,9,11H2/p+1/t17-/m0/s1. The number of thiophene rings is 1. The summed E-state index contributed by atoms with van der Waals surface area (Å²) in [4.78, 5) is 29.4. The van der Waals surface area contributed by atoms with Crippen molar-refractivity contribution >= 4 is 28.7 Å². The summed E-state index contributed by atoms with van der Waals surface area (Å²) in [6.45, 7) is 1.63. The first-order valence-electron chi connectivity index (χ1n) is 8.60. The molecular weight excluding hydrogens is 320 g/mol. The van der Waals surface area contributed by atoms with Crippen LogP contribution in [0.15, 0.2) is 35.7 Å². The van der Waals surface area contributed by atoms with Crippen LogP contribution in [0.4, 0.5) is 5.69 Å². The maximum atomic E-state index is 12.5. The monoisotopic (exact) mass is 339 g/mol. The summed E-state index contributed by atoms with van der Waals surface area (Å²) in [6.07, 6.45) is 3.64. The van der Waals surface area contributed by atoms with Crippen molar-refractivity contribution in [2.45, 2.75) is 25.3 Å². The number of nitrogens with one attached hydrogen (secondary N) is 1. The second-order valence-electron chi connectivity index (χ2n) is 7.01. The summed E-state index contributed by atoms with van der Waals surface area (Å²) in [7, 11) is 0. The number of carbonyl (C=O) groups excluding carboxylic acids is 2. The zero-order valence-corrected chi connectivity index (χ0v) is 14.1. The third-order valence-electron chi connectivity index (χ3n) is 5.56. The maximum absolute atomic E-state index is 12.5. The van der Waals surface area contributed by atoms with Gasteiger partial charge in [-0.15, -0.1) is 11.3 Å². The molecule has 1 saturated carbocycles. The molecule has 4 nitrogen and oxygen atoms in total. The first-order valence-corrected chi connectivity index (χ1v) is 9.48. The van der Waals surface area contributed by atoms with Crippen molar-refractivity contribution in [2.24, 2.45) is 5.92 Å². The Labute approximate surface area is 144 Å². The summed E-state index contributed by atoms with van der Waals surface area (Å²) >= 11 is 1.86. The Kier molecular flexibility index (Phi) is 3.15. The third-order valence-corrected chi connectivity index (χ3v) is 6.56. The number of nitrogens with zero attached hydrogens (tertiary/aromatic N) is 1. The first kappa shape index (κ1) is 14.4. The van der Waals surface area contributed by atoms with Gasteiger partial charge in [0.05, 0.1) is 17.8 Å². The molecule has 1 amide bonds. The molecule has 0 spiro atoms. The van der Waals surface area contributed by atoms with Gasteiger partial charge in [0, 0.05) is 22.8 Å². The predicted octanol–water partition coefficient (Wildman–Crippen LogP) is 1.83. The number of hydrogen-bond donors (Lipinski definition) is 1. The Morgan fingerprint density at radius 3 is 2.83 bits per heavy atom. The Hall–Kier alpha value is -1.98. The van der Waals surface area contributed by atoms with Gasteiger partial charge in [0.25, 0.3) is 5.78 Å². The van der Waals surface area contributed by atoms with E-state index in [9.17, 15) is 9.59 Å². The zero-order chi connectivity index (χ0) is 16.3. The van der Waals surface area contributed by atoms with E-state index in [-0.39, 0.29) is 11.7 Å². The van der Waals surface area contributed by atoms with Crippen LogP contribution in [0, 0.1) is 5.92 Å². The van der Waals surface area contributed by atoms with Crippen molar-refractivity contribution in [3.8, 4) is 0 Å². The lowest BCUT2D eigenvalue weighted by atomic mass is 9.96. The van der Waals surface area contributed by atoms with E-state index in [0.717, 1.165) is 24.6 Å². The highest BCUT2D eigenvalue weighted by Crippen LogP contribution is 2.42. The van der Waals surface area contributed by atoms with Crippen molar-refractivity contribution in [2.75, 3.05) is 18.1 Å². The van der Waals surface area contributed by atoms with Gasteiger partial charge in [-0.05, 0) is 36.4 Å². The van der Waals surface area contributed by atoms with Crippen LogP contribution in [-0.4, -0.2) is 24.9 Å². The highest BCUT2D eigenvalue weighted by molar-refractivity contribution is 7.10. The van der Waals surface area contributed by atoms with Crippen LogP contribution in [0.5, 0.6) is 0 Å². The fourth-order valence-electron chi connectivity index (χ4n) is 4.28. The number of carbonyl (C=O) groups is 2. The number of hydrogen-bond acceptors (Lipinski definition) is 3. The molecule has 5 rings (SSSR count). The molecule has 1 aromatic heterocycles. The van der Waals surface area contributed by atoms with Crippen LogP contribution in [0.25, 0.3) is 0 Å². The molecule has 3 aliphatic rings. The first-order chi connectivity index (χ1) is 11.7. The van der Waals surface area contributed by atoms with Gasteiger partial charge in [-0.25, -0.2) is 0 Å². The summed E-state index contributed by atoms with van der Waals surface area (Å²) in [5.74, 6) is 0.00728. The Bertz CT molecular complexity index is 839. The molecule has 5 heteroatoms. The van der Waals surface area contributed by atoms with Crippen LogP contribution in [0.2, 0.25) is 0 Å². The Balaban J connectivity index is 1.48. The van der Waals surface area contributed by atoms with E-state index < -0.39 is 0 Å². The molecule has 0 bridgehead atoms. The lowest BCUT2D eigenvalue weighted by Gasteiger charge is -2.35. The van der Waals surface area contributed by atoms with Crippen LogP contribution >= 0.6 is 11.3 Å². The Morgan fingerprint density at radius 2 is 2.00 bits per heavy atom. The van der Waals surface area contributed by atoms with Gasteiger partial charge in [0.15, 0.2) is 6.67 Å². The van der Waals surface area contributed by atoms with Crippen molar-refractivity contribution in [1.29, 1.82) is 0 Å². The second kappa shape index (κ2) is 5.26. The molecule has 24 heavy (non-hydrogen) atoms. The minimum atomic E-state index is -0.366. The van der Waals surface area contributed by atoms with E-state index in [2.05, 4.69) is 11.4 Å². The largest absolute Gasteiger partial charge is 0.311 e. The second-order valence-corrected chi connectivity index (χ2v) is 8.01. The average Bonchev–Trinajstić information content (AvgIpc) is 3.28. The van der Waals surface area contributed by atoms with Gasteiger partial charge in [0.2, 0.25) is 0 Å². The molecule has 3 heterocycles. The third kappa shape index (κ3) is 2.08. The van der Waals surface area contributed by atoms with Crippen LogP contribution in [-0.2, 0) is 11.2 Å². The van der Waals surface area contributed by atoms with Gasteiger partial charge < -0.3 is 4.90 Å². The minimum absolute atomic E-state index is 0.360. The topological polar surface area (TPSA) is 41.8 Å². The number of fused-ring (bicyclic) bond motifs is 2. The molecule has 2 aromatic rings. The fraction of sp³-hybridized carbons (Fsp3) is 0.368. The van der Waals surface area contributed by atoms with E-state index in [1.54, 1.807) is 11.0 Å². The van der Waals surface area contributed by atoms with Gasteiger partial charge in [0.1, 0.15) is 6.04 Å². The van der Waals surface area contributed by atoms with E-state index >= 15 is 0 Å². The Morgan fingerprint density at radius 1 is 1.17 bits per heavy atom. The number of rotatable bonds is 3. The molecule has 1 N–H and O–H groups in total. The minimum Gasteiger partial charge on any atom is -0.311 e. The molecule has 1 unspecified atom stereocenters. The number of para-hydroxylation sites is 1. The summed E-state index contributed by atoms with van der Waals surface area (Å²) in [6, 6.07) is 10.1. The molecule has 1 aromatic carbocycles. The highest BCUT2D eigenvalue weighted by atomic mass is 32.1. The highest BCUT2D eigenvalue weighted by Gasteiger charge is 2.46. The van der Waals surface area contributed by atoms with Gasteiger partial charge in [-0.2, -0.15) is 0 Å². The average molecular weight is 339 g/mol. The lowest BCUT2D eigenvalue weighted by molar-refractivity contribution is -0.935. The SMILES string of the molecule is O=C1C(=O)N(C[NH+]2CCc3sccc3[C@@H]2C2CC2)c2ccccc21. The predicted molar refractivity (Wildman–Crippen MR) is 92.4 cm³/mol. The summed E-state index contributed by atoms with van der Waals surface area (Å²) < 4.78 is 0. The lowest BCUT2D eigenvalue weighted by Crippen LogP contribution is -3.15. The molecule has 1 fully saturated rings. The molecule has 1 aliphatic carbocycles. The maximum Gasteiger partial charge on any atom is 0.303 e. The number of quaternary nitrogens is 1. The number of ketones is 1. The summed E-state index contributed by atoms with van der Waals surface area (Å²) in [5.41, 5.74) is 2.82. The number of anilines is 1. The normalized spacial score (nSPS) is 25.8. The molecule has 2 atom stereocenters. The number of benzene rings is 1.